The Labute approximate surface area is 129 Å². The molecule has 0 atom stereocenters. The Morgan fingerprint density at radius 2 is 1.55 bits per heavy atom. The molecule has 2 amide bonds. The van der Waals surface area contributed by atoms with Gasteiger partial charge in [-0.15, -0.1) is 0 Å². The zero-order valence-electron chi connectivity index (χ0n) is 12.5. The number of hydrogen-bond acceptors (Lipinski definition) is 3. The molecule has 0 aliphatic heterocycles. The van der Waals surface area contributed by atoms with Crippen LogP contribution < -0.4 is 10.6 Å². The summed E-state index contributed by atoms with van der Waals surface area (Å²) in [5.74, 6) is -0.230. The molecule has 5 heteroatoms. The van der Waals surface area contributed by atoms with Crippen LogP contribution in [0, 0.1) is 0 Å². The van der Waals surface area contributed by atoms with E-state index in [4.69, 9.17) is 0 Å². The SMILES string of the molecule is CCCCc1ccc(NC(=O)Nc2cc(O)cc(O)c2)cc1. The number of amides is 2. The molecular formula is C17H20N2O3. The van der Waals surface area contributed by atoms with Crippen molar-refractivity contribution in [2.24, 2.45) is 0 Å². The first kappa shape index (κ1) is 15.7. The minimum absolute atomic E-state index is 0.115. The number of unbranched alkanes of at least 4 members (excludes halogenated alkanes) is 1. The Morgan fingerprint density at radius 1 is 0.955 bits per heavy atom. The molecule has 0 saturated heterocycles. The molecule has 0 aliphatic carbocycles. The van der Waals surface area contributed by atoms with E-state index in [1.165, 1.54) is 23.8 Å². The highest BCUT2D eigenvalue weighted by molar-refractivity contribution is 5.99. The maximum Gasteiger partial charge on any atom is 0.323 e. The molecule has 0 aromatic heterocycles. The Morgan fingerprint density at radius 3 is 2.14 bits per heavy atom. The number of anilines is 2. The first-order valence-corrected chi connectivity index (χ1v) is 7.27. The summed E-state index contributed by atoms with van der Waals surface area (Å²) in [6, 6.07) is 11.1. The second-order valence-corrected chi connectivity index (χ2v) is 5.12. The summed E-state index contributed by atoms with van der Waals surface area (Å²) in [6.07, 6.45) is 3.33. The number of nitrogens with one attached hydrogen (secondary N) is 2. The summed E-state index contributed by atoms with van der Waals surface area (Å²) in [7, 11) is 0. The highest BCUT2D eigenvalue weighted by Gasteiger charge is 2.05. The first-order chi connectivity index (χ1) is 10.6. The van der Waals surface area contributed by atoms with Crippen molar-refractivity contribution in [2.45, 2.75) is 26.2 Å². The van der Waals surface area contributed by atoms with Gasteiger partial charge in [-0.25, -0.2) is 4.79 Å². The minimum atomic E-state index is -0.439. The number of carbonyl (C=O) groups excluding carboxylic acids is 1. The van der Waals surface area contributed by atoms with Crippen molar-refractivity contribution >= 4 is 17.4 Å². The fourth-order valence-corrected chi connectivity index (χ4v) is 2.10. The predicted octanol–water partition coefficient (Wildman–Crippen LogP) is 4.08. The van der Waals surface area contributed by atoms with Crippen LogP contribution in [-0.4, -0.2) is 16.2 Å². The van der Waals surface area contributed by atoms with E-state index in [2.05, 4.69) is 17.6 Å². The van der Waals surface area contributed by atoms with Gasteiger partial charge < -0.3 is 20.8 Å². The van der Waals surface area contributed by atoms with Gasteiger partial charge in [-0.05, 0) is 30.5 Å². The van der Waals surface area contributed by atoms with Crippen LogP contribution >= 0.6 is 0 Å². The lowest BCUT2D eigenvalue weighted by Crippen LogP contribution is -2.19. The molecule has 4 N–H and O–H groups in total. The van der Waals surface area contributed by atoms with Crippen LogP contribution in [0.2, 0.25) is 0 Å². The van der Waals surface area contributed by atoms with Gasteiger partial charge in [0.25, 0.3) is 0 Å². The van der Waals surface area contributed by atoms with Crippen molar-refractivity contribution in [3.05, 3.63) is 48.0 Å². The summed E-state index contributed by atoms with van der Waals surface area (Å²) in [5, 5.41) is 24.0. The topological polar surface area (TPSA) is 81.6 Å². The van der Waals surface area contributed by atoms with Crippen molar-refractivity contribution < 1.29 is 15.0 Å². The second-order valence-electron chi connectivity index (χ2n) is 5.12. The average Bonchev–Trinajstić information content (AvgIpc) is 2.45. The third-order valence-corrected chi connectivity index (χ3v) is 3.19. The zero-order valence-corrected chi connectivity index (χ0v) is 12.5. The number of carbonyl (C=O) groups is 1. The number of phenolic OH excluding ortho intramolecular Hbond substituents is 2. The van der Waals surface area contributed by atoms with E-state index >= 15 is 0 Å². The molecule has 0 fully saturated rings. The molecule has 2 aromatic carbocycles. The van der Waals surface area contributed by atoms with Crippen molar-refractivity contribution in [3.8, 4) is 11.5 Å². The van der Waals surface area contributed by atoms with Gasteiger partial charge in [0.2, 0.25) is 0 Å². The number of benzene rings is 2. The van der Waals surface area contributed by atoms with Gasteiger partial charge in [-0.2, -0.15) is 0 Å². The van der Waals surface area contributed by atoms with Gasteiger partial charge >= 0.3 is 6.03 Å². The van der Waals surface area contributed by atoms with E-state index in [0.717, 1.165) is 19.3 Å². The molecule has 0 heterocycles. The summed E-state index contributed by atoms with van der Waals surface area (Å²) in [4.78, 5) is 11.9. The number of aryl methyl sites for hydroxylation is 1. The van der Waals surface area contributed by atoms with E-state index in [0.29, 0.717) is 11.4 Å². The second kappa shape index (κ2) is 7.36. The maximum atomic E-state index is 11.9. The largest absolute Gasteiger partial charge is 0.508 e. The number of rotatable bonds is 5. The zero-order chi connectivity index (χ0) is 15.9. The molecular weight excluding hydrogens is 280 g/mol. The molecule has 2 rings (SSSR count). The molecule has 5 nitrogen and oxygen atoms in total. The van der Waals surface area contributed by atoms with E-state index in [-0.39, 0.29) is 11.5 Å². The molecule has 0 radical (unpaired) electrons. The van der Waals surface area contributed by atoms with Crippen LogP contribution in [0.25, 0.3) is 0 Å². The fourth-order valence-electron chi connectivity index (χ4n) is 2.10. The van der Waals surface area contributed by atoms with Crippen LogP contribution in [-0.2, 0) is 6.42 Å². The van der Waals surface area contributed by atoms with E-state index in [1.54, 1.807) is 0 Å². The van der Waals surface area contributed by atoms with E-state index in [1.807, 2.05) is 24.3 Å². The average molecular weight is 300 g/mol. The van der Waals surface area contributed by atoms with Crippen LogP contribution in [0.15, 0.2) is 42.5 Å². The molecule has 116 valence electrons. The van der Waals surface area contributed by atoms with Crippen molar-refractivity contribution in [2.75, 3.05) is 10.6 Å². The Hall–Kier alpha value is -2.69. The summed E-state index contributed by atoms with van der Waals surface area (Å²) >= 11 is 0. The highest BCUT2D eigenvalue weighted by atomic mass is 16.3. The molecule has 2 aromatic rings. The molecule has 0 unspecified atom stereocenters. The number of aromatic hydroxyl groups is 2. The van der Waals surface area contributed by atoms with Gasteiger partial charge in [-0.1, -0.05) is 25.5 Å². The lowest BCUT2D eigenvalue weighted by molar-refractivity contribution is 0.262. The lowest BCUT2D eigenvalue weighted by Gasteiger charge is -2.09. The van der Waals surface area contributed by atoms with Gasteiger partial charge in [0.1, 0.15) is 11.5 Å². The molecule has 22 heavy (non-hydrogen) atoms. The fraction of sp³-hybridized carbons (Fsp3) is 0.235. The summed E-state index contributed by atoms with van der Waals surface area (Å²) in [5.41, 5.74) is 2.24. The smallest absolute Gasteiger partial charge is 0.323 e. The van der Waals surface area contributed by atoms with Crippen LogP contribution in [0.5, 0.6) is 11.5 Å². The van der Waals surface area contributed by atoms with Gasteiger partial charge in [0, 0.05) is 29.6 Å². The summed E-state index contributed by atoms with van der Waals surface area (Å²) in [6.45, 7) is 2.15. The normalized spacial score (nSPS) is 10.2. The number of urea groups is 1. The number of phenols is 2. The van der Waals surface area contributed by atoms with Crippen molar-refractivity contribution in [1.29, 1.82) is 0 Å². The maximum absolute atomic E-state index is 11.9. The molecule has 0 saturated carbocycles. The van der Waals surface area contributed by atoms with Crippen LogP contribution in [0.4, 0.5) is 16.2 Å². The van der Waals surface area contributed by atoms with Gasteiger partial charge in [0.05, 0.1) is 0 Å². The third kappa shape index (κ3) is 4.70. The standard InChI is InChI=1S/C17H20N2O3/c1-2-3-4-12-5-7-13(8-6-12)18-17(22)19-14-9-15(20)11-16(21)10-14/h5-11,20-21H,2-4H2,1H3,(H2,18,19,22). The lowest BCUT2D eigenvalue weighted by atomic mass is 10.1. The summed E-state index contributed by atoms with van der Waals surface area (Å²) < 4.78 is 0. The molecule has 0 spiro atoms. The monoisotopic (exact) mass is 300 g/mol. The molecule has 0 bridgehead atoms. The predicted molar refractivity (Wildman–Crippen MR) is 87.5 cm³/mol. The van der Waals surface area contributed by atoms with Crippen LogP contribution in [0.1, 0.15) is 25.3 Å². The first-order valence-electron chi connectivity index (χ1n) is 7.27. The van der Waals surface area contributed by atoms with Gasteiger partial charge in [0.15, 0.2) is 0 Å². The Kier molecular flexibility index (Phi) is 5.25. The highest BCUT2D eigenvalue weighted by Crippen LogP contribution is 2.24. The van der Waals surface area contributed by atoms with Crippen molar-refractivity contribution in [3.63, 3.8) is 0 Å². The van der Waals surface area contributed by atoms with Crippen LogP contribution in [0.3, 0.4) is 0 Å². The minimum Gasteiger partial charge on any atom is -0.508 e. The Bertz CT molecular complexity index is 619. The Balaban J connectivity index is 1.93. The molecule has 0 aliphatic rings. The van der Waals surface area contributed by atoms with E-state index < -0.39 is 6.03 Å². The van der Waals surface area contributed by atoms with E-state index in [9.17, 15) is 15.0 Å². The van der Waals surface area contributed by atoms with Gasteiger partial charge in [-0.3, -0.25) is 0 Å². The quantitative estimate of drug-likeness (QED) is 0.671. The third-order valence-electron chi connectivity index (χ3n) is 3.19. The van der Waals surface area contributed by atoms with Crippen molar-refractivity contribution in [1.82, 2.24) is 0 Å². The number of hydrogen-bond donors (Lipinski definition) is 4.